The molecule has 0 unspecified atom stereocenters. The van der Waals surface area contributed by atoms with E-state index in [2.05, 4.69) is 16.0 Å². The minimum Gasteiger partial charge on any atom is -0.274 e. The molecule has 4 aromatic rings. The lowest BCUT2D eigenvalue weighted by atomic mass is 10.0. The van der Waals surface area contributed by atoms with Gasteiger partial charge in [0.25, 0.3) is 0 Å². The van der Waals surface area contributed by atoms with Crippen molar-refractivity contribution in [2.45, 2.75) is 4.90 Å². The molecule has 3 aromatic heterocycles. The van der Waals surface area contributed by atoms with Crippen LogP contribution in [0.5, 0.6) is 0 Å². The lowest BCUT2D eigenvalue weighted by Gasteiger charge is -2.08. The predicted molar refractivity (Wildman–Crippen MR) is 103 cm³/mol. The molecule has 0 fully saturated rings. The number of benzene rings is 1. The summed E-state index contributed by atoms with van der Waals surface area (Å²) in [6.07, 6.45) is 5.26. The van der Waals surface area contributed by atoms with Crippen LogP contribution in [0, 0.1) is 11.3 Å². The number of hydrogen-bond acceptors (Lipinski definition) is 6. The fraction of sp³-hybridized carbons (Fsp3) is 0. The monoisotopic (exact) mass is 355 g/mol. The van der Waals surface area contributed by atoms with Gasteiger partial charge in [-0.25, -0.2) is 4.98 Å². The van der Waals surface area contributed by atoms with Crippen LogP contribution in [-0.4, -0.2) is 15.0 Å². The van der Waals surface area contributed by atoms with Crippen molar-refractivity contribution in [2.24, 2.45) is 5.14 Å². The van der Waals surface area contributed by atoms with Crippen LogP contribution in [0.1, 0.15) is 5.56 Å². The number of pyridine rings is 3. The first-order valence-electron chi connectivity index (χ1n) is 7.87. The number of fused-ring (bicyclic) bond motifs is 1. The highest BCUT2D eigenvalue weighted by Crippen LogP contribution is 2.29. The van der Waals surface area contributed by atoms with E-state index in [4.69, 9.17) is 15.4 Å². The minimum atomic E-state index is 0.628. The zero-order chi connectivity index (χ0) is 17.9. The van der Waals surface area contributed by atoms with Gasteiger partial charge in [-0.05, 0) is 53.9 Å². The van der Waals surface area contributed by atoms with Crippen molar-refractivity contribution in [3.05, 3.63) is 72.7 Å². The van der Waals surface area contributed by atoms with Gasteiger partial charge in [0, 0.05) is 34.6 Å². The van der Waals surface area contributed by atoms with Gasteiger partial charge in [0.1, 0.15) is 0 Å². The van der Waals surface area contributed by atoms with Crippen LogP contribution in [0.3, 0.4) is 0 Å². The second-order valence-electron chi connectivity index (χ2n) is 5.64. The second-order valence-corrected chi connectivity index (χ2v) is 6.35. The third-order valence-electron chi connectivity index (χ3n) is 4.05. The average molecular weight is 355 g/mol. The molecule has 0 aliphatic heterocycles. The van der Waals surface area contributed by atoms with Gasteiger partial charge in [-0.1, -0.05) is 12.1 Å². The van der Waals surface area contributed by atoms with E-state index < -0.39 is 0 Å². The fourth-order valence-corrected chi connectivity index (χ4v) is 3.08. The van der Waals surface area contributed by atoms with Gasteiger partial charge in [0.15, 0.2) is 0 Å². The molecular weight excluding hydrogens is 342 g/mol. The normalized spacial score (nSPS) is 10.6. The van der Waals surface area contributed by atoms with Crippen molar-refractivity contribution in [3.8, 4) is 28.5 Å². The Morgan fingerprint density at radius 2 is 1.81 bits per heavy atom. The van der Waals surface area contributed by atoms with Gasteiger partial charge in [-0.15, -0.1) is 0 Å². The topological polar surface area (TPSA) is 88.5 Å². The maximum absolute atomic E-state index is 8.99. The maximum Gasteiger partial charge on any atom is 0.0991 e. The quantitative estimate of drug-likeness (QED) is 0.554. The highest BCUT2D eigenvalue weighted by molar-refractivity contribution is 7.97. The summed E-state index contributed by atoms with van der Waals surface area (Å²) in [5, 5.41) is 14.6. The molecule has 0 amide bonds. The molecule has 0 bridgehead atoms. The molecule has 0 atom stereocenters. The first-order valence-corrected chi connectivity index (χ1v) is 8.75. The number of aromatic nitrogens is 3. The van der Waals surface area contributed by atoms with Crippen molar-refractivity contribution in [1.29, 1.82) is 5.26 Å². The van der Waals surface area contributed by atoms with Crippen molar-refractivity contribution < 1.29 is 0 Å². The van der Waals surface area contributed by atoms with Crippen LogP contribution < -0.4 is 5.14 Å². The van der Waals surface area contributed by atoms with Crippen molar-refractivity contribution in [3.63, 3.8) is 0 Å². The Morgan fingerprint density at radius 3 is 2.58 bits per heavy atom. The van der Waals surface area contributed by atoms with Crippen LogP contribution in [0.15, 0.2) is 72.0 Å². The zero-order valence-electron chi connectivity index (χ0n) is 13.6. The Kier molecular flexibility index (Phi) is 4.32. The largest absolute Gasteiger partial charge is 0.274 e. The SMILES string of the molecule is N#Cc1ccc(-c2ccnc3ccc(-c4cncc(SN)c4)nc23)cc1. The Hall–Kier alpha value is -3.27. The molecule has 3 heterocycles. The molecule has 1 aromatic carbocycles. The van der Waals surface area contributed by atoms with Gasteiger partial charge >= 0.3 is 0 Å². The summed E-state index contributed by atoms with van der Waals surface area (Å²) in [5.41, 5.74) is 5.92. The molecule has 0 aliphatic rings. The van der Waals surface area contributed by atoms with E-state index in [1.54, 1.807) is 30.7 Å². The Bertz CT molecular complexity index is 1130. The fourth-order valence-electron chi connectivity index (χ4n) is 2.77. The highest BCUT2D eigenvalue weighted by atomic mass is 32.2. The van der Waals surface area contributed by atoms with Gasteiger partial charge < -0.3 is 0 Å². The number of hydrogen-bond donors (Lipinski definition) is 1. The third kappa shape index (κ3) is 3.02. The lowest BCUT2D eigenvalue weighted by molar-refractivity contribution is 1.22. The smallest absolute Gasteiger partial charge is 0.0991 e. The van der Waals surface area contributed by atoms with Gasteiger partial charge in [0.2, 0.25) is 0 Å². The number of nitriles is 1. The zero-order valence-corrected chi connectivity index (χ0v) is 14.4. The van der Waals surface area contributed by atoms with Crippen LogP contribution in [-0.2, 0) is 0 Å². The molecule has 6 heteroatoms. The average Bonchev–Trinajstić information content (AvgIpc) is 2.73. The van der Waals surface area contributed by atoms with Gasteiger partial charge in [0.05, 0.1) is 28.4 Å². The van der Waals surface area contributed by atoms with Crippen LogP contribution in [0.4, 0.5) is 0 Å². The van der Waals surface area contributed by atoms with E-state index in [1.807, 2.05) is 36.4 Å². The molecule has 0 saturated carbocycles. The highest BCUT2D eigenvalue weighted by Gasteiger charge is 2.09. The van der Waals surface area contributed by atoms with Crippen molar-refractivity contribution in [1.82, 2.24) is 15.0 Å². The molecule has 0 radical (unpaired) electrons. The standard InChI is InChI=1S/C20H13N5S/c21-10-13-1-3-14(4-2-13)17-7-8-24-19-6-5-18(25-20(17)19)15-9-16(26-22)12-23-11-15/h1-9,11-12H,22H2. The van der Waals surface area contributed by atoms with E-state index in [-0.39, 0.29) is 0 Å². The minimum absolute atomic E-state index is 0.628. The van der Waals surface area contributed by atoms with E-state index in [9.17, 15) is 0 Å². The molecule has 0 saturated heterocycles. The Labute approximate surface area is 154 Å². The lowest BCUT2D eigenvalue weighted by Crippen LogP contribution is -1.92. The molecule has 4 rings (SSSR count). The summed E-state index contributed by atoms with van der Waals surface area (Å²) in [7, 11) is 0. The van der Waals surface area contributed by atoms with E-state index in [0.29, 0.717) is 5.56 Å². The Morgan fingerprint density at radius 1 is 0.962 bits per heavy atom. The van der Waals surface area contributed by atoms with Gasteiger partial charge in [-0.2, -0.15) is 5.26 Å². The second kappa shape index (κ2) is 6.92. The summed E-state index contributed by atoms with van der Waals surface area (Å²) in [6, 6.07) is 17.4. The molecule has 0 aliphatic carbocycles. The van der Waals surface area contributed by atoms with E-state index >= 15 is 0 Å². The third-order valence-corrected chi connectivity index (χ3v) is 4.55. The van der Waals surface area contributed by atoms with Crippen LogP contribution >= 0.6 is 11.9 Å². The van der Waals surface area contributed by atoms with Crippen molar-refractivity contribution in [2.75, 3.05) is 0 Å². The van der Waals surface area contributed by atoms with E-state index in [0.717, 1.165) is 50.3 Å². The summed E-state index contributed by atoms with van der Waals surface area (Å²) in [6.45, 7) is 0. The maximum atomic E-state index is 8.99. The summed E-state index contributed by atoms with van der Waals surface area (Å²) in [4.78, 5) is 14.3. The molecular formula is C20H13N5S. The molecule has 2 N–H and O–H groups in total. The molecule has 26 heavy (non-hydrogen) atoms. The van der Waals surface area contributed by atoms with E-state index in [1.165, 1.54) is 0 Å². The van der Waals surface area contributed by atoms with Crippen molar-refractivity contribution >= 4 is 23.0 Å². The first-order chi connectivity index (χ1) is 12.8. The summed E-state index contributed by atoms with van der Waals surface area (Å²) < 4.78 is 0. The number of nitrogens with zero attached hydrogens (tertiary/aromatic N) is 4. The van der Waals surface area contributed by atoms with Crippen LogP contribution in [0.25, 0.3) is 33.4 Å². The molecule has 0 spiro atoms. The summed E-state index contributed by atoms with van der Waals surface area (Å²) in [5.74, 6) is 0. The summed E-state index contributed by atoms with van der Waals surface area (Å²) >= 11 is 1.16. The predicted octanol–water partition coefficient (Wildman–Crippen LogP) is 4.20. The number of nitrogens with two attached hydrogens (primary N) is 1. The molecule has 5 nitrogen and oxygen atoms in total. The molecule has 124 valence electrons. The van der Waals surface area contributed by atoms with Crippen LogP contribution in [0.2, 0.25) is 0 Å². The first kappa shape index (κ1) is 16.2. The van der Waals surface area contributed by atoms with Gasteiger partial charge in [-0.3, -0.25) is 15.1 Å². The Balaban J connectivity index is 1.87. The number of rotatable bonds is 3.